The Morgan fingerprint density at radius 2 is 1.88 bits per heavy atom. The number of rotatable bonds is 7. The van der Waals surface area contributed by atoms with Crippen LogP contribution in [0.1, 0.15) is 42.6 Å². The SMILES string of the molecule is Cc1nc(C(=O)NC(C)CC(=O)Nc2cccc(N3CCCC3)c2)nn1-c1ccccc1Cl. The summed E-state index contributed by atoms with van der Waals surface area (Å²) in [6.07, 6.45) is 2.52. The van der Waals surface area contributed by atoms with Crippen LogP contribution in [0.25, 0.3) is 5.69 Å². The quantitative estimate of drug-likeness (QED) is 0.549. The van der Waals surface area contributed by atoms with Gasteiger partial charge in [0.1, 0.15) is 5.82 Å². The van der Waals surface area contributed by atoms with Crippen molar-refractivity contribution < 1.29 is 9.59 Å². The predicted molar refractivity (Wildman–Crippen MR) is 129 cm³/mol. The van der Waals surface area contributed by atoms with E-state index in [4.69, 9.17) is 11.6 Å². The van der Waals surface area contributed by atoms with Crippen molar-refractivity contribution in [3.63, 3.8) is 0 Å². The smallest absolute Gasteiger partial charge is 0.291 e. The van der Waals surface area contributed by atoms with Crippen LogP contribution in [0.3, 0.4) is 0 Å². The summed E-state index contributed by atoms with van der Waals surface area (Å²) in [6, 6.07) is 14.7. The molecule has 3 aromatic rings. The Hall–Kier alpha value is -3.39. The highest BCUT2D eigenvalue weighted by Gasteiger charge is 2.20. The lowest BCUT2D eigenvalue weighted by Crippen LogP contribution is -2.36. The summed E-state index contributed by atoms with van der Waals surface area (Å²) in [5.41, 5.74) is 2.51. The highest BCUT2D eigenvalue weighted by molar-refractivity contribution is 6.32. The maximum Gasteiger partial charge on any atom is 0.291 e. The molecule has 0 radical (unpaired) electrons. The molecule has 1 saturated heterocycles. The van der Waals surface area contributed by atoms with Gasteiger partial charge in [-0.15, -0.1) is 5.10 Å². The molecule has 2 heterocycles. The number of aryl methyl sites for hydroxylation is 1. The summed E-state index contributed by atoms with van der Waals surface area (Å²) in [5.74, 6) is -0.0538. The monoisotopic (exact) mass is 466 g/mol. The zero-order chi connectivity index (χ0) is 23.4. The fourth-order valence-electron chi connectivity index (χ4n) is 3.92. The molecule has 33 heavy (non-hydrogen) atoms. The van der Waals surface area contributed by atoms with Crippen LogP contribution < -0.4 is 15.5 Å². The Labute approximate surface area is 198 Å². The maximum absolute atomic E-state index is 12.6. The fraction of sp³-hybridized carbons (Fsp3) is 0.333. The molecule has 1 fully saturated rings. The standard InChI is InChI=1S/C24H27ClN6O2/c1-16(14-22(32)28-18-8-7-9-19(15-18)30-12-5-6-13-30)26-24(33)23-27-17(2)31(29-23)21-11-4-3-10-20(21)25/h3-4,7-11,15-16H,5-6,12-14H2,1-2H3,(H,26,33)(H,28,32). The summed E-state index contributed by atoms with van der Waals surface area (Å²) in [7, 11) is 0. The lowest BCUT2D eigenvalue weighted by molar-refractivity contribution is -0.116. The van der Waals surface area contributed by atoms with E-state index in [9.17, 15) is 9.59 Å². The first kappa shape index (κ1) is 22.8. The fourth-order valence-corrected chi connectivity index (χ4v) is 4.14. The van der Waals surface area contributed by atoms with Crippen molar-refractivity contribution in [1.82, 2.24) is 20.1 Å². The van der Waals surface area contributed by atoms with Gasteiger partial charge in [-0.1, -0.05) is 29.8 Å². The van der Waals surface area contributed by atoms with Crippen molar-refractivity contribution in [1.29, 1.82) is 0 Å². The molecule has 8 nitrogen and oxygen atoms in total. The van der Waals surface area contributed by atoms with Gasteiger partial charge in [-0.25, -0.2) is 9.67 Å². The number of aromatic nitrogens is 3. The number of anilines is 2. The first-order valence-corrected chi connectivity index (χ1v) is 11.4. The molecule has 1 aromatic heterocycles. The molecule has 1 aliphatic heterocycles. The molecule has 0 aliphatic carbocycles. The van der Waals surface area contributed by atoms with Gasteiger partial charge in [0, 0.05) is 36.9 Å². The van der Waals surface area contributed by atoms with Crippen LogP contribution in [0.4, 0.5) is 11.4 Å². The van der Waals surface area contributed by atoms with Crippen LogP contribution in [-0.4, -0.2) is 45.7 Å². The number of para-hydroxylation sites is 1. The number of carbonyl (C=O) groups excluding carboxylic acids is 2. The third-order valence-electron chi connectivity index (χ3n) is 5.52. The Morgan fingerprint density at radius 3 is 2.64 bits per heavy atom. The normalized spacial score (nSPS) is 14.2. The molecule has 1 atom stereocenters. The minimum Gasteiger partial charge on any atom is -0.371 e. The van der Waals surface area contributed by atoms with Gasteiger partial charge in [0.15, 0.2) is 0 Å². The number of hydrogen-bond acceptors (Lipinski definition) is 5. The van der Waals surface area contributed by atoms with Gasteiger partial charge in [0.2, 0.25) is 11.7 Å². The van der Waals surface area contributed by atoms with E-state index in [0.29, 0.717) is 16.5 Å². The second kappa shape index (κ2) is 10.0. The van der Waals surface area contributed by atoms with E-state index >= 15 is 0 Å². The summed E-state index contributed by atoms with van der Waals surface area (Å²) in [6.45, 7) is 5.61. The lowest BCUT2D eigenvalue weighted by Gasteiger charge is -2.19. The third-order valence-corrected chi connectivity index (χ3v) is 5.84. The van der Waals surface area contributed by atoms with Gasteiger partial charge < -0.3 is 15.5 Å². The van der Waals surface area contributed by atoms with Gasteiger partial charge in [0.05, 0.1) is 10.7 Å². The number of hydrogen-bond donors (Lipinski definition) is 2. The Kier molecular flexibility index (Phi) is 6.93. The van der Waals surface area contributed by atoms with Crippen molar-refractivity contribution in [2.24, 2.45) is 0 Å². The molecule has 2 amide bonds. The van der Waals surface area contributed by atoms with Crippen LogP contribution in [0, 0.1) is 6.92 Å². The minimum absolute atomic E-state index is 0.0259. The van der Waals surface area contributed by atoms with Gasteiger partial charge >= 0.3 is 0 Å². The summed E-state index contributed by atoms with van der Waals surface area (Å²) >= 11 is 6.24. The molecule has 0 bridgehead atoms. The van der Waals surface area contributed by atoms with E-state index in [1.807, 2.05) is 30.3 Å². The molecular formula is C24H27ClN6O2. The molecule has 2 aromatic carbocycles. The molecule has 9 heteroatoms. The zero-order valence-electron chi connectivity index (χ0n) is 18.7. The number of benzene rings is 2. The van der Waals surface area contributed by atoms with Crippen LogP contribution in [0.15, 0.2) is 48.5 Å². The van der Waals surface area contributed by atoms with Crippen molar-refractivity contribution in [3.8, 4) is 5.69 Å². The van der Waals surface area contributed by atoms with Crippen LogP contribution >= 0.6 is 11.6 Å². The number of halogens is 1. The van der Waals surface area contributed by atoms with Crippen molar-refractivity contribution in [3.05, 3.63) is 65.2 Å². The molecule has 1 aliphatic rings. The molecular weight excluding hydrogens is 440 g/mol. The number of nitrogens with one attached hydrogen (secondary N) is 2. The lowest BCUT2D eigenvalue weighted by atomic mass is 10.2. The minimum atomic E-state index is -0.444. The van der Waals surface area contributed by atoms with E-state index < -0.39 is 11.9 Å². The molecule has 172 valence electrons. The Balaban J connectivity index is 1.34. The first-order valence-electron chi connectivity index (χ1n) is 11.0. The van der Waals surface area contributed by atoms with Crippen molar-refractivity contribution in [2.75, 3.05) is 23.3 Å². The topological polar surface area (TPSA) is 92.2 Å². The van der Waals surface area contributed by atoms with Gasteiger partial charge in [-0.2, -0.15) is 0 Å². The summed E-state index contributed by atoms with van der Waals surface area (Å²) in [4.78, 5) is 31.7. The van der Waals surface area contributed by atoms with Gasteiger partial charge in [-0.05, 0) is 57.0 Å². The van der Waals surface area contributed by atoms with E-state index in [1.54, 1.807) is 26.0 Å². The van der Waals surface area contributed by atoms with Crippen LogP contribution in [-0.2, 0) is 4.79 Å². The average molecular weight is 467 g/mol. The number of carbonyl (C=O) groups is 2. The predicted octanol–water partition coefficient (Wildman–Crippen LogP) is 3.98. The van der Waals surface area contributed by atoms with E-state index in [1.165, 1.54) is 17.5 Å². The molecule has 1 unspecified atom stereocenters. The van der Waals surface area contributed by atoms with Crippen LogP contribution in [0.2, 0.25) is 5.02 Å². The Bertz CT molecular complexity index is 1160. The molecule has 0 saturated carbocycles. The van der Waals surface area contributed by atoms with E-state index in [0.717, 1.165) is 24.5 Å². The molecule has 4 rings (SSSR count). The second-order valence-corrected chi connectivity index (χ2v) is 8.62. The highest BCUT2D eigenvalue weighted by atomic mass is 35.5. The Morgan fingerprint density at radius 1 is 1.12 bits per heavy atom. The van der Waals surface area contributed by atoms with E-state index in [2.05, 4.69) is 31.7 Å². The highest BCUT2D eigenvalue weighted by Crippen LogP contribution is 2.23. The van der Waals surface area contributed by atoms with Gasteiger partial charge in [0.25, 0.3) is 5.91 Å². The molecule has 2 N–H and O–H groups in total. The first-order chi connectivity index (χ1) is 15.9. The second-order valence-electron chi connectivity index (χ2n) is 8.22. The van der Waals surface area contributed by atoms with Crippen LogP contribution in [0.5, 0.6) is 0 Å². The zero-order valence-corrected chi connectivity index (χ0v) is 19.5. The third kappa shape index (κ3) is 5.51. The number of amides is 2. The number of nitrogens with zero attached hydrogens (tertiary/aromatic N) is 4. The average Bonchev–Trinajstić information content (AvgIpc) is 3.44. The van der Waals surface area contributed by atoms with E-state index in [-0.39, 0.29) is 18.2 Å². The maximum atomic E-state index is 12.6. The summed E-state index contributed by atoms with van der Waals surface area (Å²) in [5, 5.41) is 10.5. The summed E-state index contributed by atoms with van der Waals surface area (Å²) < 4.78 is 1.53. The van der Waals surface area contributed by atoms with Gasteiger partial charge in [-0.3, -0.25) is 9.59 Å². The molecule has 0 spiro atoms. The van der Waals surface area contributed by atoms with Crippen molar-refractivity contribution >= 4 is 34.8 Å². The van der Waals surface area contributed by atoms with Crippen molar-refractivity contribution in [2.45, 2.75) is 39.2 Å². The largest absolute Gasteiger partial charge is 0.371 e.